The fourth-order valence-electron chi connectivity index (χ4n) is 2.07. The second-order valence-electron chi connectivity index (χ2n) is 4.41. The molecule has 1 aliphatic carbocycles. The number of hydrogen-bond donors (Lipinski definition) is 1. The lowest BCUT2D eigenvalue weighted by atomic mass is 9.94. The molecule has 1 N–H and O–H groups in total. The summed E-state index contributed by atoms with van der Waals surface area (Å²) in [5.41, 5.74) is 1.41. The van der Waals surface area contributed by atoms with Gasteiger partial charge < -0.3 is 10.2 Å². The molecule has 1 heterocycles. The van der Waals surface area contributed by atoms with Crippen molar-refractivity contribution >= 4 is 17.2 Å². The van der Waals surface area contributed by atoms with E-state index in [2.05, 4.69) is 16.8 Å². The Morgan fingerprint density at radius 3 is 3.19 bits per heavy atom. The summed E-state index contributed by atoms with van der Waals surface area (Å²) in [5, 5.41) is 5.51. The van der Waals surface area contributed by atoms with Crippen molar-refractivity contribution in [1.29, 1.82) is 0 Å². The van der Waals surface area contributed by atoms with Crippen molar-refractivity contribution in [3.63, 3.8) is 0 Å². The first kappa shape index (κ1) is 11.6. The van der Waals surface area contributed by atoms with Crippen molar-refractivity contribution < 1.29 is 4.79 Å². The molecule has 0 saturated heterocycles. The molecular formula is C12H18N2OS. The number of rotatable bonds is 3. The molecule has 1 unspecified atom stereocenters. The number of carbonyl (C=O) groups excluding carboxylic acids is 1. The number of fused-ring (bicyclic) bond motifs is 1. The highest BCUT2D eigenvalue weighted by Crippen LogP contribution is 2.32. The van der Waals surface area contributed by atoms with E-state index in [1.807, 2.05) is 11.3 Å². The summed E-state index contributed by atoms with van der Waals surface area (Å²) in [5.74, 6) is 0.141. The summed E-state index contributed by atoms with van der Waals surface area (Å²) >= 11 is 1.83. The van der Waals surface area contributed by atoms with E-state index in [9.17, 15) is 4.79 Å². The van der Waals surface area contributed by atoms with Crippen LogP contribution in [-0.4, -0.2) is 31.4 Å². The molecule has 16 heavy (non-hydrogen) atoms. The molecular weight excluding hydrogens is 220 g/mol. The Morgan fingerprint density at radius 1 is 1.62 bits per heavy atom. The SMILES string of the molecule is CN(C)C(=O)CNC1CCCc2sccc21. The van der Waals surface area contributed by atoms with Gasteiger partial charge in [-0.05, 0) is 36.3 Å². The third kappa shape index (κ3) is 2.44. The number of nitrogens with zero attached hydrogens (tertiary/aromatic N) is 1. The Balaban J connectivity index is 1.95. The number of thiophene rings is 1. The van der Waals surface area contributed by atoms with E-state index in [0.29, 0.717) is 12.6 Å². The van der Waals surface area contributed by atoms with Gasteiger partial charge in [-0.2, -0.15) is 0 Å². The quantitative estimate of drug-likeness (QED) is 0.871. The van der Waals surface area contributed by atoms with Gasteiger partial charge in [-0.15, -0.1) is 11.3 Å². The topological polar surface area (TPSA) is 32.3 Å². The third-order valence-electron chi connectivity index (χ3n) is 3.05. The number of likely N-dealkylation sites (N-methyl/N-ethyl adjacent to an activating group) is 1. The minimum absolute atomic E-state index is 0.141. The average molecular weight is 238 g/mol. The fourth-order valence-corrected chi connectivity index (χ4v) is 3.05. The van der Waals surface area contributed by atoms with Crippen LogP contribution in [0.25, 0.3) is 0 Å². The highest BCUT2D eigenvalue weighted by atomic mass is 32.1. The number of hydrogen-bond acceptors (Lipinski definition) is 3. The first-order valence-electron chi connectivity index (χ1n) is 5.68. The highest BCUT2D eigenvalue weighted by Gasteiger charge is 2.21. The smallest absolute Gasteiger partial charge is 0.236 e. The van der Waals surface area contributed by atoms with Crippen LogP contribution in [0.3, 0.4) is 0 Å². The fraction of sp³-hybridized carbons (Fsp3) is 0.583. The van der Waals surface area contributed by atoms with Gasteiger partial charge in [-0.3, -0.25) is 4.79 Å². The Kier molecular flexibility index (Phi) is 3.61. The Hall–Kier alpha value is -0.870. The van der Waals surface area contributed by atoms with Crippen LogP contribution in [0.2, 0.25) is 0 Å². The minimum Gasteiger partial charge on any atom is -0.348 e. The second-order valence-corrected chi connectivity index (χ2v) is 5.41. The number of nitrogens with one attached hydrogen (secondary N) is 1. The van der Waals surface area contributed by atoms with Crippen LogP contribution >= 0.6 is 11.3 Å². The number of amides is 1. The zero-order valence-corrected chi connectivity index (χ0v) is 10.6. The molecule has 0 fully saturated rings. The minimum atomic E-state index is 0.141. The molecule has 0 aromatic carbocycles. The molecule has 1 amide bonds. The number of aryl methyl sites for hydroxylation is 1. The molecule has 0 radical (unpaired) electrons. The van der Waals surface area contributed by atoms with Gasteiger partial charge in [0.25, 0.3) is 0 Å². The van der Waals surface area contributed by atoms with Crippen molar-refractivity contribution in [2.75, 3.05) is 20.6 Å². The largest absolute Gasteiger partial charge is 0.348 e. The van der Waals surface area contributed by atoms with Crippen LogP contribution in [0.15, 0.2) is 11.4 Å². The van der Waals surface area contributed by atoms with Crippen molar-refractivity contribution in [1.82, 2.24) is 10.2 Å². The van der Waals surface area contributed by atoms with Crippen LogP contribution in [0, 0.1) is 0 Å². The van der Waals surface area contributed by atoms with Gasteiger partial charge in [0, 0.05) is 25.0 Å². The van der Waals surface area contributed by atoms with E-state index in [1.54, 1.807) is 19.0 Å². The number of carbonyl (C=O) groups is 1. The molecule has 4 heteroatoms. The first-order chi connectivity index (χ1) is 7.68. The van der Waals surface area contributed by atoms with Gasteiger partial charge in [0.15, 0.2) is 0 Å². The maximum atomic E-state index is 11.5. The molecule has 88 valence electrons. The molecule has 1 atom stereocenters. The van der Waals surface area contributed by atoms with Crippen LogP contribution in [0.5, 0.6) is 0 Å². The highest BCUT2D eigenvalue weighted by molar-refractivity contribution is 7.10. The Bertz CT molecular complexity index is 373. The van der Waals surface area contributed by atoms with E-state index in [4.69, 9.17) is 0 Å². The average Bonchev–Trinajstić information content (AvgIpc) is 2.73. The summed E-state index contributed by atoms with van der Waals surface area (Å²) in [4.78, 5) is 14.6. The Labute approximate surface area is 100 Å². The second kappa shape index (κ2) is 4.97. The lowest BCUT2D eigenvalue weighted by Gasteiger charge is -2.24. The van der Waals surface area contributed by atoms with Crippen LogP contribution in [0.1, 0.15) is 29.3 Å². The molecule has 1 aromatic heterocycles. The van der Waals surface area contributed by atoms with E-state index < -0.39 is 0 Å². The normalized spacial score (nSPS) is 19.2. The predicted molar refractivity (Wildman–Crippen MR) is 66.7 cm³/mol. The summed E-state index contributed by atoms with van der Waals surface area (Å²) in [6, 6.07) is 2.57. The maximum Gasteiger partial charge on any atom is 0.236 e. The van der Waals surface area contributed by atoms with Crippen molar-refractivity contribution in [2.45, 2.75) is 25.3 Å². The Morgan fingerprint density at radius 2 is 2.44 bits per heavy atom. The lowest BCUT2D eigenvalue weighted by molar-refractivity contribution is -0.127. The van der Waals surface area contributed by atoms with E-state index in [0.717, 1.165) is 6.42 Å². The summed E-state index contributed by atoms with van der Waals surface area (Å²) in [6.07, 6.45) is 3.57. The monoisotopic (exact) mass is 238 g/mol. The van der Waals surface area contributed by atoms with Crippen molar-refractivity contribution in [3.05, 3.63) is 21.9 Å². The zero-order chi connectivity index (χ0) is 11.5. The molecule has 0 spiro atoms. The van der Waals surface area contributed by atoms with Gasteiger partial charge in [0.05, 0.1) is 6.54 Å². The summed E-state index contributed by atoms with van der Waals surface area (Å²) in [6.45, 7) is 0.437. The lowest BCUT2D eigenvalue weighted by Crippen LogP contribution is -2.35. The first-order valence-corrected chi connectivity index (χ1v) is 6.56. The van der Waals surface area contributed by atoms with Gasteiger partial charge in [0.2, 0.25) is 5.91 Å². The molecule has 1 aromatic rings. The zero-order valence-electron chi connectivity index (χ0n) is 9.82. The molecule has 3 nitrogen and oxygen atoms in total. The summed E-state index contributed by atoms with van der Waals surface area (Å²) < 4.78 is 0. The van der Waals surface area contributed by atoms with E-state index in [1.165, 1.54) is 23.3 Å². The van der Waals surface area contributed by atoms with Gasteiger partial charge in [0.1, 0.15) is 0 Å². The van der Waals surface area contributed by atoms with E-state index in [-0.39, 0.29) is 5.91 Å². The van der Waals surface area contributed by atoms with Gasteiger partial charge in [-0.1, -0.05) is 0 Å². The van der Waals surface area contributed by atoms with Gasteiger partial charge in [-0.25, -0.2) is 0 Å². The third-order valence-corrected chi connectivity index (χ3v) is 4.05. The predicted octanol–water partition coefficient (Wildman–Crippen LogP) is 1.80. The molecule has 2 rings (SSSR count). The van der Waals surface area contributed by atoms with Crippen LogP contribution < -0.4 is 5.32 Å². The van der Waals surface area contributed by atoms with Crippen LogP contribution in [-0.2, 0) is 11.2 Å². The molecule has 0 aliphatic heterocycles. The molecule has 1 aliphatic rings. The van der Waals surface area contributed by atoms with Crippen LogP contribution in [0.4, 0.5) is 0 Å². The molecule has 0 saturated carbocycles. The van der Waals surface area contributed by atoms with Crippen molar-refractivity contribution in [3.8, 4) is 0 Å². The van der Waals surface area contributed by atoms with Crippen molar-refractivity contribution in [2.24, 2.45) is 0 Å². The van der Waals surface area contributed by atoms with Gasteiger partial charge >= 0.3 is 0 Å². The standard InChI is InChI=1S/C12H18N2OS/c1-14(2)12(15)8-13-10-4-3-5-11-9(10)6-7-16-11/h6-7,10,13H,3-5,8H2,1-2H3. The molecule has 0 bridgehead atoms. The summed E-state index contributed by atoms with van der Waals surface area (Å²) in [7, 11) is 3.59. The maximum absolute atomic E-state index is 11.5. The van der Waals surface area contributed by atoms with E-state index >= 15 is 0 Å².